The van der Waals surface area contributed by atoms with Gasteiger partial charge in [0.2, 0.25) is 0 Å². The van der Waals surface area contributed by atoms with Crippen LogP contribution < -0.4 is 9.64 Å². The minimum atomic E-state index is -0.306. The van der Waals surface area contributed by atoms with Crippen molar-refractivity contribution < 1.29 is 14.3 Å². The van der Waals surface area contributed by atoms with E-state index >= 15 is 0 Å². The first kappa shape index (κ1) is 21.3. The van der Waals surface area contributed by atoms with E-state index in [-0.39, 0.29) is 5.97 Å². The van der Waals surface area contributed by atoms with E-state index in [1.54, 1.807) is 6.08 Å². The SMILES string of the molecule is C=CCOc1cc(CC)c(C(=O)OCC)c(C)c1N(CC=C)c1ccccc1. The van der Waals surface area contributed by atoms with Gasteiger partial charge in [-0.3, -0.25) is 0 Å². The fourth-order valence-electron chi connectivity index (χ4n) is 3.27. The molecule has 0 fully saturated rings. The number of anilines is 2. The van der Waals surface area contributed by atoms with E-state index in [1.807, 2.05) is 63.2 Å². The van der Waals surface area contributed by atoms with Crippen molar-refractivity contribution in [2.24, 2.45) is 0 Å². The van der Waals surface area contributed by atoms with Crippen LogP contribution >= 0.6 is 0 Å². The van der Waals surface area contributed by atoms with Crippen LogP contribution in [-0.4, -0.2) is 25.7 Å². The molecule has 2 rings (SSSR count). The Morgan fingerprint density at radius 3 is 2.43 bits per heavy atom. The van der Waals surface area contributed by atoms with Crippen molar-refractivity contribution in [1.29, 1.82) is 0 Å². The van der Waals surface area contributed by atoms with Crippen LogP contribution in [0.2, 0.25) is 0 Å². The van der Waals surface area contributed by atoms with Crippen LogP contribution in [-0.2, 0) is 11.2 Å². The van der Waals surface area contributed by atoms with Gasteiger partial charge in [-0.25, -0.2) is 4.79 Å². The first-order chi connectivity index (χ1) is 13.6. The van der Waals surface area contributed by atoms with E-state index in [4.69, 9.17) is 9.47 Å². The lowest BCUT2D eigenvalue weighted by Gasteiger charge is -2.29. The summed E-state index contributed by atoms with van der Waals surface area (Å²) >= 11 is 0. The Kier molecular flexibility index (Phi) is 7.88. The number of rotatable bonds is 10. The van der Waals surface area contributed by atoms with Crippen LogP contribution in [0, 0.1) is 6.92 Å². The van der Waals surface area contributed by atoms with E-state index < -0.39 is 0 Å². The highest BCUT2D eigenvalue weighted by atomic mass is 16.5. The Morgan fingerprint density at radius 1 is 1.14 bits per heavy atom. The van der Waals surface area contributed by atoms with E-state index in [1.165, 1.54) is 0 Å². The predicted octanol–water partition coefficient (Wildman–Crippen LogP) is 5.62. The minimum Gasteiger partial charge on any atom is -0.487 e. The lowest BCUT2D eigenvalue weighted by molar-refractivity contribution is 0.0524. The molecule has 0 saturated heterocycles. The number of ether oxygens (including phenoxy) is 2. The summed E-state index contributed by atoms with van der Waals surface area (Å²) < 4.78 is 11.3. The smallest absolute Gasteiger partial charge is 0.338 e. The van der Waals surface area contributed by atoms with Crippen LogP contribution in [0.5, 0.6) is 5.75 Å². The summed E-state index contributed by atoms with van der Waals surface area (Å²) in [5, 5.41) is 0. The second kappa shape index (κ2) is 10.4. The van der Waals surface area contributed by atoms with Gasteiger partial charge in [0, 0.05) is 12.2 Å². The molecular weight excluding hydrogens is 350 g/mol. The van der Waals surface area contributed by atoms with Crippen LogP contribution in [0.1, 0.15) is 35.3 Å². The molecule has 0 N–H and O–H groups in total. The van der Waals surface area contributed by atoms with E-state index in [2.05, 4.69) is 18.1 Å². The third-order valence-electron chi connectivity index (χ3n) is 4.46. The maximum Gasteiger partial charge on any atom is 0.338 e. The number of esters is 1. The van der Waals surface area contributed by atoms with Gasteiger partial charge in [0.05, 0.1) is 17.9 Å². The lowest BCUT2D eigenvalue weighted by atomic mass is 9.96. The molecular formula is C24H29NO3. The number of aryl methyl sites for hydroxylation is 1. The summed E-state index contributed by atoms with van der Waals surface area (Å²) in [6.07, 6.45) is 4.25. The number of hydrogen-bond acceptors (Lipinski definition) is 4. The van der Waals surface area contributed by atoms with Crippen molar-refractivity contribution in [3.05, 3.63) is 78.4 Å². The zero-order chi connectivity index (χ0) is 20.5. The summed E-state index contributed by atoms with van der Waals surface area (Å²) in [6.45, 7) is 14.7. The molecule has 0 aromatic heterocycles. The zero-order valence-electron chi connectivity index (χ0n) is 17.0. The summed E-state index contributed by atoms with van der Waals surface area (Å²) in [5.41, 5.74) is 4.18. The molecule has 0 spiro atoms. The Morgan fingerprint density at radius 2 is 1.86 bits per heavy atom. The first-order valence-corrected chi connectivity index (χ1v) is 9.59. The van der Waals surface area contributed by atoms with Crippen molar-refractivity contribution in [2.45, 2.75) is 27.2 Å². The Labute approximate surface area is 168 Å². The second-order valence-electron chi connectivity index (χ2n) is 6.29. The highest BCUT2D eigenvalue weighted by Crippen LogP contribution is 2.40. The normalized spacial score (nSPS) is 10.2. The molecule has 2 aromatic carbocycles. The molecule has 0 unspecified atom stereocenters. The van der Waals surface area contributed by atoms with Gasteiger partial charge in [0.25, 0.3) is 0 Å². The van der Waals surface area contributed by atoms with Gasteiger partial charge < -0.3 is 14.4 Å². The molecule has 2 aromatic rings. The Balaban J connectivity index is 2.76. The highest BCUT2D eigenvalue weighted by molar-refractivity contribution is 5.96. The molecule has 4 nitrogen and oxygen atoms in total. The van der Waals surface area contributed by atoms with Crippen LogP contribution in [0.25, 0.3) is 0 Å². The lowest BCUT2D eigenvalue weighted by Crippen LogP contribution is -2.21. The van der Waals surface area contributed by atoms with E-state index in [0.29, 0.717) is 37.5 Å². The number of para-hydroxylation sites is 1. The number of benzene rings is 2. The summed E-state index contributed by atoms with van der Waals surface area (Å²) in [4.78, 5) is 14.8. The van der Waals surface area contributed by atoms with Gasteiger partial charge in [-0.2, -0.15) is 0 Å². The monoisotopic (exact) mass is 379 g/mol. The van der Waals surface area contributed by atoms with Crippen molar-refractivity contribution >= 4 is 17.3 Å². The maximum absolute atomic E-state index is 12.7. The molecule has 0 aliphatic heterocycles. The topological polar surface area (TPSA) is 38.8 Å². The van der Waals surface area contributed by atoms with Gasteiger partial charge in [0.15, 0.2) is 0 Å². The van der Waals surface area contributed by atoms with Crippen LogP contribution in [0.4, 0.5) is 11.4 Å². The standard InChI is InChI=1S/C24H29NO3/c1-6-15-25(20-13-11-10-12-14-20)23-18(5)22(24(26)27-9-4)19(8-3)17-21(23)28-16-7-2/h6-7,10-14,17H,1-2,8-9,15-16H2,3-5H3. The van der Waals surface area contributed by atoms with Crippen LogP contribution in [0.3, 0.4) is 0 Å². The number of hydrogen-bond donors (Lipinski definition) is 0. The fraction of sp³-hybridized carbons (Fsp3) is 0.292. The van der Waals surface area contributed by atoms with Gasteiger partial charge in [-0.15, -0.1) is 6.58 Å². The van der Waals surface area contributed by atoms with Gasteiger partial charge in [-0.05, 0) is 49.6 Å². The molecule has 148 valence electrons. The first-order valence-electron chi connectivity index (χ1n) is 9.59. The maximum atomic E-state index is 12.7. The predicted molar refractivity (Wildman–Crippen MR) is 116 cm³/mol. The molecule has 0 aliphatic rings. The highest BCUT2D eigenvalue weighted by Gasteiger charge is 2.25. The molecule has 0 bridgehead atoms. The number of carbonyl (C=O) groups excluding carboxylic acids is 1. The van der Waals surface area contributed by atoms with E-state index in [0.717, 1.165) is 22.5 Å². The molecule has 28 heavy (non-hydrogen) atoms. The molecule has 0 aliphatic carbocycles. The minimum absolute atomic E-state index is 0.306. The number of nitrogens with zero attached hydrogens (tertiary/aromatic N) is 1. The van der Waals surface area contributed by atoms with Crippen molar-refractivity contribution in [3.63, 3.8) is 0 Å². The quantitative estimate of drug-likeness (QED) is 0.396. The van der Waals surface area contributed by atoms with Crippen molar-refractivity contribution in [1.82, 2.24) is 0 Å². The summed E-state index contributed by atoms with van der Waals surface area (Å²) in [5.74, 6) is 0.410. The largest absolute Gasteiger partial charge is 0.487 e. The Bertz CT molecular complexity index is 827. The average molecular weight is 380 g/mol. The van der Waals surface area contributed by atoms with Crippen molar-refractivity contribution in [3.8, 4) is 5.75 Å². The van der Waals surface area contributed by atoms with E-state index in [9.17, 15) is 4.79 Å². The molecule has 4 heteroatoms. The third-order valence-corrected chi connectivity index (χ3v) is 4.46. The Hall–Kier alpha value is -3.01. The van der Waals surface area contributed by atoms with Gasteiger partial charge in [0.1, 0.15) is 12.4 Å². The molecule has 0 saturated carbocycles. The molecule has 0 heterocycles. The number of carbonyl (C=O) groups is 1. The summed E-state index contributed by atoms with van der Waals surface area (Å²) in [6, 6.07) is 11.9. The molecule has 0 atom stereocenters. The fourth-order valence-corrected chi connectivity index (χ4v) is 3.27. The second-order valence-corrected chi connectivity index (χ2v) is 6.29. The van der Waals surface area contributed by atoms with Crippen molar-refractivity contribution in [2.75, 3.05) is 24.7 Å². The van der Waals surface area contributed by atoms with Gasteiger partial charge >= 0.3 is 5.97 Å². The third kappa shape index (κ3) is 4.63. The zero-order valence-corrected chi connectivity index (χ0v) is 17.0. The molecule has 0 radical (unpaired) electrons. The molecule has 0 amide bonds. The van der Waals surface area contributed by atoms with Crippen LogP contribution in [0.15, 0.2) is 61.7 Å². The average Bonchev–Trinajstić information content (AvgIpc) is 2.71. The summed E-state index contributed by atoms with van der Waals surface area (Å²) in [7, 11) is 0. The van der Waals surface area contributed by atoms with Gasteiger partial charge in [-0.1, -0.05) is 43.9 Å².